The second kappa shape index (κ2) is 7.90. The molecule has 3 aromatic rings. The molecule has 140 valence electrons. The minimum Gasteiger partial charge on any atom is -0.393 e. The summed E-state index contributed by atoms with van der Waals surface area (Å²) in [5.74, 6) is 0.108. The molecule has 5 nitrogen and oxygen atoms in total. The third kappa shape index (κ3) is 3.96. The smallest absolute Gasteiger partial charge is 0.181 e. The van der Waals surface area contributed by atoms with Gasteiger partial charge in [0.25, 0.3) is 0 Å². The Morgan fingerprint density at radius 2 is 2.07 bits per heavy atom. The number of pyridine rings is 1. The molecular weight excluding hydrogens is 406 g/mol. The van der Waals surface area contributed by atoms with Gasteiger partial charge in [0.1, 0.15) is 10.3 Å². The van der Waals surface area contributed by atoms with Gasteiger partial charge in [-0.05, 0) is 82.6 Å². The first-order valence-corrected chi connectivity index (χ1v) is 10.2. The summed E-state index contributed by atoms with van der Waals surface area (Å²) in [4.78, 5) is 17.2. The van der Waals surface area contributed by atoms with Gasteiger partial charge in [0.2, 0.25) is 0 Å². The van der Waals surface area contributed by atoms with E-state index in [9.17, 15) is 9.90 Å². The number of carbonyl (C=O) groups is 1. The van der Waals surface area contributed by atoms with Gasteiger partial charge >= 0.3 is 0 Å². The van der Waals surface area contributed by atoms with E-state index in [1.165, 1.54) is 0 Å². The Bertz CT molecular complexity index is 969. The van der Waals surface area contributed by atoms with Crippen LogP contribution in [0.4, 0.5) is 0 Å². The van der Waals surface area contributed by atoms with Crippen LogP contribution in [0.1, 0.15) is 53.7 Å². The molecule has 1 aliphatic carbocycles. The van der Waals surface area contributed by atoms with Crippen molar-refractivity contribution in [1.82, 2.24) is 14.6 Å². The van der Waals surface area contributed by atoms with Crippen molar-refractivity contribution in [1.29, 1.82) is 0 Å². The summed E-state index contributed by atoms with van der Waals surface area (Å²) >= 11 is 3.41. The number of halogens is 1. The summed E-state index contributed by atoms with van der Waals surface area (Å²) in [7, 11) is 0. The van der Waals surface area contributed by atoms with Gasteiger partial charge in [0, 0.05) is 18.8 Å². The van der Waals surface area contributed by atoms with E-state index in [2.05, 4.69) is 26.0 Å². The van der Waals surface area contributed by atoms with Crippen LogP contribution in [0.25, 0.3) is 5.52 Å². The fourth-order valence-electron chi connectivity index (χ4n) is 3.99. The Morgan fingerprint density at radius 3 is 2.89 bits per heavy atom. The zero-order valence-electron chi connectivity index (χ0n) is 15.0. The van der Waals surface area contributed by atoms with Gasteiger partial charge in [-0.15, -0.1) is 0 Å². The second-order valence-electron chi connectivity index (χ2n) is 7.28. The number of hydrogen-bond acceptors (Lipinski definition) is 4. The lowest BCUT2D eigenvalue weighted by Gasteiger charge is -2.26. The van der Waals surface area contributed by atoms with Gasteiger partial charge < -0.3 is 5.11 Å². The highest BCUT2D eigenvalue weighted by molar-refractivity contribution is 9.10. The summed E-state index contributed by atoms with van der Waals surface area (Å²) in [5.41, 5.74) is 3.73. The molecule has 3 heterocycles. The van der Waals surface area contributed by atoms with Gasteiger partial charge in [-0.3, -0.25) is 4.79 Å². The average molecular weight is 428 g/mol. The van der Waals surface area contributed by atoms with E-state index in [1.54, 1.807) is 16.9 Å². The number of hydrogen-bond donors (Lipinski definition) is 1. The number of nitrogens with zero attached hydrogens (tertiary/aromatic N) is 3. The highest BCUT2D eigenvalue weighted by Gasteiger charge is 2.27. The molecular formula is C21H22BrN3O2. The van der Waals surface area contributed by atoms with E-state index >= 15 is 0 Å². The van der Waals surface area contributed by atoms with E-state index < -0.39 is 0 Å². The molecule has 1 saturated carbocycles. The zero-order chi connectivity index (χ0) is 18.8. The van der Waals surface area contributed by atoms with Gasteiger partial charge in [-0.2, -0.15) is 5.10 Å². The Balaban J connectivity index is 1.64. The normalized spacial score (nSPS) is 20.1. The van der Waals surface area contributed by atoms with E-state index in [4.69, 9.17) is 0 Å². The van der Waals surface area contributed by atoms with Gasteiger partial charge in [0.15, 0.2) is 5.78 Å². The number of carbonyl (C=O) groups excluding carboxylic acids is 1. The minimum atomic E-state index is -0.365. The second-order valence-corrected chi connectivity index (χ2v) is 8.09. The lowest BCUT2D eigenvalue weighted by Crippen LogP contribution is -2.27. The Morgan fingerprint density at radius 1 is 1.22 bits per heavy atom. The van der Waals surface area contributed by atoms with Gasteiger partial charge in [-0.25, -0.2) is 9.50 Å². The molecule has 0 spiro atoms. The van der Waals surface area contributed by atoms with Crippen molar-refractivity contribution in [2.45, 2.75) is 44.6 Å². The summed E-state index contributed by atoms with van der Waals surface area (Å²) in [6, 6.07) is 9.80. The summed E-state index contributed by atoms with van der Waals surface area (Å²) in [6.45, 7) is 0. The molecule has 0 aromatic carbocycles. The predicted octanol–water partition coefficient (Wildman–Crippen LogP) is 4.21. The lowest BCUT2D eigenvalue weighted by atomic mass is 9.83. The van der Waals surface area contributed by atoms with Crippen LogP contribution < -0.4 is 0 Å². The van der Waals surface area contributed by atoms with E-state index in [0.717, 1.165) is 46.9 Å². The number of fused-ring (bicyclic) bond motifs is 1. The Kier molecular flexibility index (Phi) is 5.36. The zero-order valence-corrected chi connectivity index (χ0v) is 16.6. The number of aliphatic hydroxyl groups is 1. The number of aromatic nitrogens is 3. The van der Waals surface area contributed by atoms with Crippen molar-refractivity contribution >= 4 is 27.2 Å². The Labute approximate surface area is 166 Å². The Hall–Kier alpha value is -2.05. The molecule has 0 saturated heterocycles. The SMILES string of the molecule is O=C(C[C@H]1CCCC[C@@H]1O)c1cc(Cc2ccnc(Br)c2)c2cccnn12. The van der Waals surface area contributed by atoms with Crippen LogP contribution >= 0.6 is 15.9 Å². The molecule has 27 heavy (non-hydrogen) atoms. The van der Waals surface area contributed by atoms with E-state index in [-0.39, 0.29) is 17.8 Å². The minimum absolute atomic E-state index is 0.0526. The fraction of sp³-hybridized carbons (Fsp3) is 0.381. The van der Waals surface area contributed by atoms with Crippen LogP contribution in [0.2, 0.25) is 0 Å². The first-order chi connectivity index (χ1) is 13.1. The van der Waals surface area contributed by atoms with Gasteiger partial charge in [-0.1, -0.05) is 12.8 Å². The van der Waals surface area contributed by atoms with Crippen LogP contribution in [0.3, 0.4) is 0 Å². The molecule has 0 unspecified atom stereocenters. The lowest BCUT2D eigenvalue weighted by molar-refractivity contribution is 0.0580. The molecule has 1 aliphatic rings. The van der Waals surface area contributed by atoms with E-state index in [0.29, 0.717) is 18.5 Å². The van der Waals surface area contributed by atoms with E-state index in [1.807, 2.05) is 30.3 Å². The average Bonchev–Trinajstić information content (AvgIpc) is 3.02. The van der Waals surface area contributed by atoms with Crippen LogP contribution in [0.5, 0.6) is 0 Å². The maximum absolute atomic E-state index is 13.0. The van der Waals surface area contributed by atoms with Crippen LogP contribution in [0.15, 0.2) is 47.3 Å². The third-order valence-electron chi connectivity index (χ3n) is 5.41. The number of ketones is 1. The first-order valence-electron chi connectivity index (χ1n) is 9.39. The van der Waals surface area contributed by atoms with Crippen molar-refractivity contribution < 1.29 is 9.90 Å². The molecule has 0 amide bonds. The highest BCUT2D eigenvalue weighted by atomic mass is 79.9. The molecule has 0 bridgehead atoms. The molecule has 3 aromatic heterocycles. The largest absolute Gasteiger partial charge is 0.393 e. The molecule has 0 aliphatic heterocycles. The maximum Gasteiger partial charge on any atom is 0.181 e. The van der Waals surface area contributed by atoms with Crippen LogP contribution in [0, 0.1) is 5.92 Å². The number of aliphatic hydroxyl groups excluding tert-OH is 1. The van der Waals surface area contributed by atoms with Crippen molar-refractivity contribution in [3.8, 4) is 0 Å². The van der Waals surface area contributed by atoms with Crippen molar-refractivity contribution in [2.75, 3.05) is 0 Å². The summed E-state index contributed by atoms with van der Waals surface area (Å²) in [5, 5.41) is 14.6. The standard InChI is InChI=1S/C21H22BrN3O2/c22-21-11-14(7-9-23-21)10-16-12-18(25-17(16)5-3-8-24-25)20(27)13-15-4-1-2-6-19(15)26/h3,5,7-9,11-12,15,19,26H,1-2,4,6,10,13H2/t15-,19+/m1/s1. The first kappa shape index (κ1) is 18.3. The molecule has 6 heteroatoms. The van der Waals surface area contributed by atoms with Crippen molar-refractivity contribution in [3.63, 3.8) is 0 Å². The van der Waals surface area contributed by atoms with Gasteiger partial charge in [0.05, 0.1) is 11.6 Å². The molecule has 2 atom stereocenters. The van der Waals surface area contributed by atoms with Crippen LogP contribution in [-0.4, -0.2) is 31.6 Å². The quantitative estimate of drug-likeness (QED) is 0.489. The molecule has 1 fully saturated rings. The van der Waals surface area contributed by atoms with Crippen LogP contribution in [-0.2, 0) is 6.42 Å². The predicted molar refractivity (Wildman–Crippen MR) is 107 cm³/mol. The maximum atomic E-state index is 13.0. The number of rotatable bonds is 5. The number of Topliss-reactive ketones (excluding diaryl/α,β-unsaturated/α-hetero) is 1. The monoisotopic (exact) mass is 427 g/mol. The van der Waals surface area contributed by atoms with Crippen molar-refractivity contribution in [3.05, 3.63) is 64.1 Å². The molecule has 1 N–H and O–H groups in total. The summed E-state index contributed by atoms with van der Waals surface area (Å²) < 4.78 is 2.53. The fourth-order valence-corrected chi connectivity index (χ4v) is 4.40. The van der Waals surface area contributed by atoms with Crippen molar-refractivity contribution in [2.24, 2.45) is 5.92 Å². The molecule has 0 radical (unpaired) electrons. The topological polar surface area (TPSA) is 67.5 Å². The molecule has 4 rings (SSSR count). The highest BCUT2D eigenvalue weighted by Crippen LogP contribution is 2.29. The summed E-state index contributed by atoms with van der Waals surface area (Å²) in [6.07, 6.45) is 8.04. The third-order valence-corrected chi connectivity index (χ3v) is 5.84.